The molecule has 40 heavy (non-hydrogen) atoms. The first kappa shape index (κ1) is 28.6. The SMILES string of the molecule is CC(N(C)[C@H]1CC[C@H](CNc2nc(N3CCOCC3)cc(-n3c(C(F)F)nc4ccccc43)n2)CC1)C(C)(C)O. The minimum Gasteiger partial charge on any atom is -0.389 e. The van der Waals surface area contributed by atoms with Crippen LogP contribution in [0.4, 0.5) is 20.5 Å². The summed E-state index contributed by atoms with van der Waals surface area (Å²) in [5.74, 6) is 1.59. The lowest BCUT2D eigenvalue weighted by atomic mass is 9.84. The molecule has 0 radical (unpaired) electrons. The van der Waals surface area contributed by atoms with E-state index in [-0.39, 0.29) is 11.9 Å². The first-order chi connectivity index (χ1) is 19.1. The van der Waals surface area contributed by atoms with Crippen LogP contribution in [-0.4, -0.2) is 87.1 Å². The third-order valence-corrected chi connectivity index (χ3v) is 8.62. The summed E-state index contributed by atoms with van der Waals surface area (Å²) in [6.45, 7) is 9.01. The van der Waals surface area contributed by atoms with Gasteiger partial charge in [0.15, 0.2) is 5.82 Å². The summed E-state index contributed by atoms with van der Waals surface area (Å²) in [7, 11) is 2.10. The van der Waals surface area contributed by atoms with Gasteiger partial charge in [-0.3, -0.25) is 9.47 Å². The Morgan fingerprint density at radius 1 is 1.07 bits per heavy atom. The van der Waals surface area contributed by atoms with Crippen LogP contribution in [0.25, 0.3) is 16.9 Å². The zero-order valence-corrected chi connectivity index (χ0v) is 23.9. The van der Waals surface area contributed by atoms with Crippen LogP contribution < -0.4 is 10.2 Å². The zero-order valence-electron chi connectivity index (χ0n) is 23.9. The van der Waals surface area contributed by atoms with Gasteiger partial charge in [-0.05, 0) is 71.6 Å². The molecule has 5 rings (SSSR count). The first-order valence-corrected chi connectivity index (χ1v) is 14.3. The molecule has 0 amide bonds. The van der Waals surface area contributed by atoms with Crippen LogP contribution in [0.2, 0.25) is 0 Å². The van der Waals surface area contributed by atoms with E-state index >= 15 is 0 Å². The fourth-order valence-corrected chi connectivity index (χ4v) is 5.81. The molecule has 1 atom stereocenters. The third-order valence-electron chi connectivity index (χ3n) is 8.62. The Kier molecular flexibility index (Phi) is 8.53. The van der Waals surface area contributed by atoms with Gasteiger partial charge in [-0.25, -0.2) is 13.8 Å². The number of benzene rings is 1. The molecule has 1 saturated carbocycles. The number of alkyl halides is 2. The maximum atomic E-state index is 14.1. The number of fused-ring (bicyclic) bond motifs is 1. The molecule has 2 fully saturated rings. The highest BCUT2D eigenvalue weighted by atomic mass is 19.3. The second kappa shape index (κ2) is 11.9. The smallest absolute Gasteiger partial charge is 0.296 e. The number of nitrogens with one attached hydrogen (secondary N) is 1. The molecule has 3 aromatic rings. The molecule has 0 bridgehead atoms. The number of morpholine rings is 1. The summed E-state index contributed by atoms with van der Waals surface area (Å²) in [5, 5.41) is 13.9. The van der Waals surface area contributed by atoms with Gasteiger partial charge < -0.3 is 20.1 Å². The maximum Gasteiger partial charge on any atom is 0.296 e. The van der Waals surface area contributed by atoms with Crippen LogP contribution in [0, 0.1) is 5.92 Å². The quantitative estimate of drug-likeness (QED) is 0.393. The van der Waals surface area contributed by atoms with E-state index in [1.54, 1.807) is 24.3 Å². The molecule has 2 N–H and O–H groups in total. The van der Waals surface area contributed by atoms with Crippen LogP contribution in [0.1, 0.15) is 58.7 Å². The van der Waals surface area contributed by atoms with Crippen molar-refractivity contribution in [2.45, 2.75) is 70.6 Å². The van der Waals surface area contributed by atoms with Gasteiger partial charge in [0.2, 0.25) is 5.95 Å². The number of nitrogens with zero attached hydrogens (tertiary/aromatic N) is 6. The van der Waals surface area contributed by atoms with Gasteiger partial charge in [-0.2, -0.15) is 9.97 Å². The van der Waals surface area contributed by atoms with E-state index in [0.29, 0.717) is 73.4 Å². The molecule has 1 aliphatic heterocycles. The van der Waals surface area contributed by atoms with Crippen molar-refractivity contribution in [1.82, 2.24) is 24.4 Å². The Hall–Kier alpha value is -2.89. The Balaban J connectivity index is 1.36. The minimum atomic E-state index is -2.75. The number of imidazole rings is 1. The monoisotopic (exact) mass is 557 g/mol. The molecule has 0 spiro atoms. The summed E-state index contributed by atoms with van der Waals surface area (Å²) >= 11 is 0. The fraction of sp³-hybridized carbons (Fsp3) is 0.621. The van der Waals surface area contributed by atoms with Gasteiger partial charge in [-0.1, -0.05) is 12.1 Å². The maximum absolute atomic E-state index is 14.1. The number of hydrogen-bond donors (Lipinski definition) is 2. The van der Waals surface area contributed by atoms with E-state index in [1.807, 2.05) is 19.9 Å². The van der Waals surface area contributed by atoms with E-state index in [4.69, 9.17) is 14.7 Å². The first-order valence-electron chi connectivity index (χ1n) is 14.3. The summed E-state index contributed by atoms with van der Waals surface area (Å²) in [4.78, 5) is 18.1. The molecule has 218 valence electrons. The van der Waals surface area contributed by atoms with E-state index in [2.05, 4.69) is 34.1 Å². The van der Waals surface area contributed by atoms with Crippen molar-refractivity contribution in [3.05, 3.63) is 36.2 Å². The van der Waals surface area contributed by atoms with Gasteiger partial charge in [0, 0.05) is 37.8 Å². The molecule has 3 heterocycles. The predicted molar refractivity (Wildman–Crippen MR) is 152 cm³/mol. The number of rotatable bonds is 9. The average molecular weight is 558 g/mol. The molecule has 9 nitrogen and oxygen atoms in total. The topological polar surface area (TPSA) is 91.6 Å². The molecule has 1 unspecified atom stereocenters. The Bertz CT molecular complexity index is 1280. The molecular weight excluding hydrogens is 516 g/mol. The van der Waals surface area contributed by atoms with Crippen LogP contribution >= 0.6 is 0 Å². The van der Waals surface area contributed by atoms with E-state index < -0.39 is 12.0 Å². The third kappa shape index (κ3) is 6.21. The second-order valence-electron chi connectivity index (χ2n) is 11.7. The summed E-state index contributed by atoms with van der Waals surface area (Å²) in [5.41, 5.74) is 0.330. The van der Waals surface area contributed by atoms with Gasteiger partial charge in [-0.15, -0.1) is 0 Å². The molecule has 1 aromatic carbocycles. The minimum absolute atomic E-state index is 0.0688. The number of halogens is 2. The van der Waals surface area contributed by atoms with Gasteiger partial charge in [0.1, 0.15) is 11.6 Å². The van der Waals surface area contributed by atoms with Gasteiger partial charge in [0.25, 0.3) is 6.43 Å². The molecule has 1 saturated heterocycles. The van der Waals surface area contributed by atoms with Gasteiger partial charge >= 0.3 is 0 Å². The van der Waals surface area contributed by atoms with Crippen molar-refractivity contribution in [3.8, 4) is 5.82 Å². The highest BCUT2D eigenvalue weighted by Crippen LogP contribution is 2.32. The number of aliphatic hydroxyl groups is 1. The molecule has 2 aliphatic rings. The lowest BCUT2D eigenvalue weighted by Crippen LogP contribution is -2.50. The van der Waals surface area contributed by atoms with Crippen molar-refractivity contribution >= 4 is 22.8 Å². The molecule has 11 heteroatoms. The number of anilines is 2. The van der Waals surface area contributed by atoms with Crippen molar-refractivity contribution < 1.29 is 18.6 Å². The second-order valence-corrected chi connectivity index (χ2v) is 11.7. The fourth-order valence-electron chi connectivity index (χ4n) is 5.81. The van der Waals surface area contributed by atoms with Crippen molar-refractivity contribution in [3.63, 3.8) is 0 Å². The number of likely N-dealkylation sites (N-methyl/N-ethyl adjacent to an activating group) is 1. The summed E-state index contributed by atoms with van der Waals surface area (Å²) < 4.78 is 35.2. The Morgan fingerprint density at radius 2 is 1.75 bits per heavy atom. The predicted octanol–water partition coefficient (Wildman–Crippen LogP) is 4.65. The van der Waals surface area contributed by atoms with E-state index in [0.717, 1.165) is 25.7 Å². The van der Waals surface area contributed by atoms with Crippen molar-refractivity contribution in [1.29, 1.82) is 0 Å². The number of ether oxygens (including phenoxy) is 1. The standard InChI is InChI=1S/C29H41F2N7O2/c1-19(29(2,3)39)36(4)21-11-9-20(10-12-21)18-32-28-34-24(37-13-15-40-16-14-37)17-25(35-28)38-23-8-6-5-7-22(23)33-27(38)26(30)31/h5-8,17,19-21,26,39H,9-16,18H2,1-4H3,(H,32,34,35)/t19?,20-,21-. The van der Waals surface area contributed by atoms with Crippen LogP contribution in [0.5, 0.6) is 0 Å². The Morgan fingerprint density at radius 3 is 2.42 bits per heavy atom. The highest BCUT2D eigenvalue weighted by Gasteiger charge is 2.32. The largest absolute Gasteiger partial charge is 0.389 e. The summed E-state index contributed by atoms with van der Waals surface area (Å²) in [6, 6.07) is 9.39. The number of hydrogen-bond acceptors (Lipinski definition) is 8. The molecular formula is C29H41F2N7O2. The zero-order chi connectivity index (χ0) is 28.4. The van der Waals surface area contributed by atoms with Crippen LogP contribution in [-0.2, 0) is 4.74 Å². The highest BCUT2D eigenvalue weighted by molar-refractivity contribution is 5.78. The van der Waals surface area contributed by atoms with Gasteiger partial charge in [0.05, 0.1) is 29.8 Å². The molecule has 1 aliphatic carbocycles. The van der Waals surface area contributed by atoms with Crippen LogP contribution in [0.15, 0.2) is 30.3 Å². The van der Waals surface area contributed by atoms with E-state index in [1.165, 1.54) is 4.57 Å². The normalized spacial score (nSPS) is 21.4. The average Bonchev–Trinajstić information content (AvgIpc) is 3.36. The van der Waals surface area contributed by atoms with Crippen LogP contribution in [0.3, 0.4) is 0 Å². The lowest BCUT2D eigenvalue weighted by molar-refractivity contribution is -0.0244. The molecule has 2 aromatic heterocycles. The van der Waals surface area contributed by atoms with Crippen molar-refractivity contribution in [2.75, 3.05) is 50.1 Å². The van der Waals surface area contributed by atoms with E-state index in [9.17, 15) is 13.9 Å². The van der Waals surface area contributed by atoms with Crippen molar-refractivity contribution in [2.24, 2.45) is 5.92 Å². The number of para-hydroxylation sites is 2. The summed E-state index contributed by atoms with van der Waals surface area (Å²) in [6.07, 6.45) is 1.47. The Labute approximate surface area is 234 Å². The number of aromatic nitrogens is 4. The lowest BCUT2D eigenvalue weighted by Gasteiger charge is -2.42.